The van der Waals surface area contributed by atoms with Crippen molar-refractivity contribution in [3.05, 3.63) is 57.3 Å². The molecule has 1 aromatic heterocycles. The summed E-state index contributed by atoms with van der Waals surface area (Å²) in [6.45, 7) is 0. The molecule has 1 aromatic carbocycles. The first-order chi connectivity index (χ1) is 9.58. The maximum Gasteiger partial charge on any atom is 0.341 e. The van der Waals surface area contributed by atoms with Crippen molar-refractivity contribution in [2.75, 3.05) is 0 Å². The highest BCUT2D eigenvalue weighted by atomic mass is 35.5. The molecular formula is C15H12ClNO3. The molecule has 102 valence electrons. The summed E-state index contributed by atoms with van der Waals surface area (Å²) in [7, 11) is 0. The van der Waals surface area contributed by atoms with Crippen LogP contribution in [0.4, 0.5) is 0 Å². The van der Waals surface area contributed by atoms with Crippen molar-refractivity contribution in [2.24, 2.45) is 0 Å². The Hall–Kier alpha value is -2.07. The van der Waals surface area contributed by atoms with Gasteiger partial charge in [0, 0.05) is 11.1 Å². The van der Waals surface area contributed by atoms with Gasteiger partial charge in [0.2, 0.25) is 0 Å². The number of carboxylic acids is 1. The number of halogens is 1. The smallest absolute Gasteiger partial charge is 0.341 e. The second-order valence-corrected chi connectivity index (χ2v) is 5.29. The zero-order chi connectivity index (χ0) is 14.3. The van der Waals surface area contributed by atoms with Crippen molar-refractivity contribution < 1.29 is 9.90 Å². The Labute approximate surface area is 120 Å². The normalized spacial score (nSPS) is 14.2. The summed E-state index contributed by atoms with van der Waals surface area (Å²) in [6, 6.07) is 10.3. The van der Waals surface area contributed by atoms with E-state index in [-0.39, 0.29) is 11.6 Å². The molecule has 0 saturated heterocycles. The van der Waals surface area contributed by atoms with Crippen molar-refractivity contribution >= 4 is 17.6 Å². The van der Waals surface area contributed by atoms with Gasteiger partial charge in [0.15, 0.2) is 0 Å². The van der Waals surface area contributed by atoms with Crippen LogP contribution < -0.4 is 5.56 Å². The van der Waals surface area contributed by atoms with E-state index in [0.29, 0.717) is 5.02 Å². The Morgan fingerprint density at radius 2 is 1.80 bits per heavy atom. The molecule has 1 N–H and O–H groups in total. The monoisotopic (exact) mass is 289 g/mol. The van der Waals surface area contributed by atoms with Crippen molar-refractivity contribution in [1.82, 2.24) is 4.57 Å². The third-order valence-corrected chi connectivity index (χ3v) is 3.65. The van der Waals surface area contributed by atoms with E-state index in [4.69, 9.17) is 16.7 Å². The molecule has 1 heterocycles. The van der Waals surface area contributed by atoms with Crippen molar-refractivity contribution in [3.63, 3.8) is 0 Å². The van der Waals surface area contributed by atoms with Gasteiger partial charge in [-0.2, -0.15) is 0 Å². The highest BCUT2D eigenvalue weighted by molar-refractivity contribution is 6.30. The lowest BCUT2D eigenvalue weighted by atomic mass is 10.1. The third-order valence-electron chi connectivity index (χ3n) is 3.40. The number of nitrogens with zero attached hydrogens (tertiary/aromatic N) is 1. The molecule has 0 bridgehead atoms. The average molecular weight is 290 g/mol. The van der Waals surface area contributed by atoms with Crippen LogP contribution in [0.3, 0.4) is 0 Å². The number of aromatic nitrogens is 1. The molecule has 4 nitrogen and oxygen atoms in total. The lowest BCUT2D eigenvalue weighted by molar-refractivity contribution is 0.0694. The molecule has 1 aliphatic rings. The Bertz CT molecular complexity index is 730. The fraction of sp³-hybridized carbons (Fsp3) is 0.200. The van der Waals surface area contributed by atoms with Gasteiger partial charge in [-0.25, -0.2) is 4.79 Å². The van der Waals surface area contributed by atoms with Gasteiger partial charge in [-0.3, -0.25) is 4.79 Å². The van der Waals surface area contributed by atoms with Gasteiger partial charge >= 0.3 is 5.97 Å². The van der Waals surface area contributed by atoms with Gasteiger partial charge in [-0.05, 0) is 42.7 Å². The Balaban J connectivity index is 2.21. The van der Waals surface area contributed by atoms with Crippen LogP contribution in [0.15, 0.2) is 41.2 Å². The molecule has 1 fully saturated rings. The first-order valence-electron chi connectivity index (χ1n) is 6.32. The van der Waals surface area contributed by atoms with Crippen LogP contribution in [-0.4, -0.2) is 15.6 Å². The van der Waals surface area contributed by atoms with E-state index in [1.807, 2.05) is 12.1 Å². The molecule has 0 spiro atoms. The van der Waals surface area contributed by atoms with E-state index in [1.54, 1.807) is 22.8 Å². The quantitative estimate of drug-likeness (QED) is 0.944. The molecule has 0 atom stereocenters. The molecule has 2 aromatic rings. The van der Waals surface area contributed by atoms with Crippen molar-refractivity contribution in [1.29, 1.82) is 0 Å². The SMILES string of the molecule is O=C(O)c1ccc(-c2ccc(Cl)cc2)n(C2CC2)c1=O. The summed E-state index contributed by atoms with van der Waals surface area (Å²) in [5.41, 5.74) is 0.969. The van der Waals surface area contributed by atoms with Gasteiger partial charge in [0.25, 0.3) is 5.56 Å². The first kappa shape index (κ1) is 12.9. The molecule has 5 heteroatoms. The lowest BCUT2D eigenvalue weighted by Crippen LogP contribution is -2.26. The minimum absolute atomic E-state index is 0.104. The Morgan fingerprint density at radius 1 is 1.15 bits per heavy atom. The number of benzene rings is 1. The van der Waals surface area contributed by atoms with Crippen molar-refractivity contribution in [3.8, 4) is 11.3 Å². The number of rotatable bonds is 3. The third kappa shape index (κ3) is 2.23. The molecule has 0 amide bonds. The predicted molar refractivity (Wildman–Crippen MR) is 76.4 cm³/mol. The summed E-state index contributed by atoms with van der Waals surface area (Å²) in [5.74, 6) is -1.19. The molecular weight excluding hydrogens is 278 g/mol. The van der Waals surface area contributed by atoms with Crippen LogP contribution in [0.2, 0.25) is 5.02 Å². The van der Waals surface area contributed by atoms with Crippen LogP contribution in [0.5, 0.6) is 0 Å². The molecule has 1 aliphatic carbocycles. The van der Waals surface area contributed by atoms with E-state index < -0.39 is 11.5 Å². The van der Waals surface area contributed by atoms with Crippen molar-refractivity contribution in [2.45, 2.75) is 18.9 Å². The Morgan fingerprint density at radius 3 is 2.35 bits per heavy atom. The number of hydrogen-bond donors (Lipinski definition) is 1. The summed E-state index contributed by atoms with van der Waals surface area (Å²) in [6.07, 6.45) is 1.81. The van der Waals surface area contributed by atoms with E-state index in [1.165, 1.54) is 6.07 Å². The number of carbonyl (C=O) groups is 1. The topological polar surface area (TPSA) is 59.3 Å². The maximum absolute atomic E-state index is 12.3. The summed E-state index contributed by atoms with van der Waals surface area (Å²) < 4.78 is 1.59. The van der Waals surface area contributed by atoms with E-state index in [9.17, 15) is 9.59 Å². The second-order valence-electron chi connectivity index (χ2n) is 4.85. The van der Waals surface area contributed by atoms with E-state index >= 15 is 0 Å². The summed E-state index contributed by atoms with van der Waals surface area (Å²) >= 11 is 5.87. The molecule has 20 heavy (non-hydrogen) atoms. The minimum atomic E-state index is -1.19. The Kier molecular flexibility index (Phi) is 3.10. The van der Waals surface area contributed by atoms with Gasteiger partial charge in [0.05, 0.1) is 5.69 Å². The number of carboxylic acid groups (broad SMARTS) is 1. The zero-order valence-electron chi connectivity index (χ0n) is 10.5. The highest BCUT2D eigenvalue weighted by Crippen LogP contribution is 2.37. The maximum atomic E-state index is 12.3. The fourth-order valence-corrected chi connectivity index (χ4v) is 2.39. The fourth-order valence-electron chi connectivity index (χ4n) is 2.27. The second kappa shape index (κ2) is 4.80. The molecule has 0 radical (unpaired) electrons. The first-order valence-corrected chi connectivity index (χ1v) is 6.70. The standard InChI is InChI=1S/C15H12ClNO3/c16-10-3-1-9(2-4-10)13-8-7-12(15(19)20)14(18)17(13)11-5-6-11/h1-4,7-8,11H,5-6H2,(H,19,20). The lowest BCUT2D eigenvalue weighted by Gasteiger charge is -2.13. The zero-order valence-corrected chi connectivity index (χ0v) is 11.3. The van der Waals surface area contributed by atoms with Gasteiger partial charge in [0.1, 0.15) is 5.56 Å². The average Bonchev–Trinajstić information content (AvgIpc) is 3.23. The van der Waals surface area contributed by atoms with Gasteiger partial charge in [-0.1, -0.05) is 23.7 Å². The molecule has 0 unspecified atom stereocenters. The largest absolute Gasteiger partial charge is 0.477 e. The van der Waals surface area contributed by atoms with Gasteiger partial charge in [-0.15, -0.1) is 0 Å². The number of aromatic carboxylic acids is 1. The summed E-state index contributed by atoms with van der Waals surface area (Å²) in [4.78, 5) is 23.4. The summed E-state index contributed by atoms with van der Waals surface area (Å²) in [5, 5.41) is 9.68. The van der Waals surface area contributed by atoms with Crippen LogP contribution in [0, 0.1) is 0 Å². The van der Waals surface area contributed by atoms with E-state index in [2.05, 4.69) is 0 Å². The highest BCUT2D eigenvalue weighted by Gasteiger charge is 2.28. The van der Waals surface area contributed by atoms with Crippen LogP contribution in [0.1, 0.15) is 29.2 Å². The van der Waals surface area contributed by atoms with Crippen LogP contribution >= 0.6 is 11.6 Å². The van der Waals surface area contributed by atoms with Crippen LogP contribution in [-0.2, 0) is 0 Å². The molecule has 1 saturated carbocycles. The number of pyridine rings is 1. The van der Waals surface area contributed by atoms with Crippen LogP contribution in [0.25, 0.3) is 11.3 Å². The minimum Gasteiger partial charge on any atom is -0.477 e. The molecule has 0 aliphatic heterocycles. The van der Waals surface area contributed by atoms with E-state index in [0.717, 1.165) is 24.1 Å². The molecule has 3 rings (SSSR count). The number of hydrogen-bond acceptors (Lipinski definition) is 2. The predicted octanol–water partition coefficient (Wildman–Crippen LogP) is 3.20. The van der Waals surface area contributed by atoms with Gasteiger partial charge < -0.3 is 9.67 Å².